The Labute approximate surface area is 330 Å². The van der Waals surface area contributed by atoms with E-state index in [2.05, 4.69) is 47.0 Å². The fourth-order valence-corrected chi connectivity index (χ4v) is 8.12. The van der Waals surface area contributed by atoms with Gasteiger partial charge in [-0.1, -0.05) is 92.6 Å². The van der Waals surface area contributed by atoms with Crippen LogP contribution in [0.1, 0.15) is 87.0 Å². The first kappa shape index (κ1) is 41.7. The van der Waals surface area contributed by atoms with Gasteiger partial charge >= 0.3 is 6.09 Å². The summed E-state index contributed by atoms with van der Waals surface area (Å²) in [6.45, 7) is 5.48. The van der Waals surface area contributed by atoms with E-state index >= 15 is 0 Å². The second-order valence-electron chi connectivity index (χ2n) is 15.1. The third-order valence-electron chi connectivity index (χ3n) is 11.3. The molecule has 1 saturated carbocycles. The van der Waals surface area contributed by atoms with Crippen LogP contribution in [0.4, 0.5) is 4.79 Å². The monoisotopic (exact) mass is 773 g/mol. The maximum absolute atomic E-state index is 14.2. The van der Waals surface area contributed by atoms with Crippen molar-refractivity contribution in [1.82, 2.24) is 15.5 Å². The number of aryl methyl sites for hydroxylation is 1. The van der Waals surface area contributed by atoms with Crippen molar-refractivity contribution >= 4 is 36.2 Å². The van der Waals surface area contributed by atoms with E-state index in [-0.39, 0.29) is 55.0 Å². The highest BCUT2D eigenvalue weighted by Crippen LogP contribution is 2.50. The summed E-state index contributed by atoms with van der Waals surface area (Å²) in [6, 6.07) is 22.5. The lowest BCUT2D eigenvalue weighted by atomic mass is 9.98. The van der Waals surface area contributed by atoms with E-state index in [0.29, 0.717) is 32.5 Å². The van der Waals surface area contributed by atoms with Crippen LogP contribution in [-0.2, 0) is 36.9 Å². The van der Waals surface area contributed by atoms with Gasteiger partial charge in [-0.15, -0.1) is 12.4 Å². The normalized spacial score (nSPS) is 19.5. The van der Waals surface area contributed by atoms with Gasteiger partial charge < -0.3 is 36.5 Å². The quantitative estimate of drug-likeness (QED) is 0.123. The molecule has 55 heavy (non-hydrogen) atoms. The number of unbranched alkanes of at least 4 members (excludes halogenated alkanes) is 1. The minimum atomic E-state index is -0.831. The molecule has 3 aromatic rings. The number of nitrogens with two attached hydrogens (primary N) is 2. The zero-order valence-electron chi connectivity index (χ0n) is 31.9. The number of alkyl carbamates (subject to hydrolysis) is 1. The van der Waals surface area contributed by atoms with Gasteiger partial charge in [-0.05, 0) is 90.8 Å². The minimum Gasteiger partial charge on any atom is -0.449 e. The Hall–Kier alpha value is -4.45. The summed E-state index contributed by atoms with van der Waals surface area (Å²) in [6.07, 6.45) is 3.99. The van der Waals surface area contributed by atoms with E-state index in [0.717, 1.165) is 59.9 Å². The maximum Gasteiger partial charge on any atom is 0.407 e. The van der Waals surface area contributed by atoms with E-state index in [1.165, 1.54) is 5.56 Å². The molecule has 12 heteroatoms. The summed E-state index contributed by atoms with van der Waals surface area (Å²) in [5, 5.41) is 5.99. The number of rotatable bonds is 19. The Balaban J connectivity index is 0.00000580. The van der Waals surface area contributed by atoms with Crippen LogP contribution < -0.4 is 22.1 Å². The highest BCUT2D eigenvalue weighted by atomic mass is 35.5. The average Bonchev–Trinajstić information content (AvgIpc) is 3.72. The molecule has 1 aliphatic heterocycles. The molecule has 3 aromatic carbocycles. The van der Waals surface area contributed by atoms with Crippen LogP contribution in [-0.4, -0.2) is 72.6 Å². The molecule has 6 rings (SSSR count). The number of primary amides is 1. The van der Waals surface area contributed by atoms with E-state index in [9.17, 15) is 19.2 Å². The van der Waals surface area contributed by atoms with Crippen molar-refractivity contribution in [2.75, 3.05) is 19.7 Å². The SMILES string of the molecule is CCCCC(NC(=O)OCC1c2ccccc2-c2ccccc21)C(=O)N1C[C@H]2C[C@H]2[C@H]1C(=O)NC(CCC(N)=O)C(C)OCc1ccc(CCCN)cc1.Cl. The number of benzene rings is 3. The zero-order valence-corrected chi connectivity index (χ0v) is 32.7. The highest BCUT2D eigenvalue weighted by Gasteiger charge is 2.57. The number of ether oxygens (including phenoxy) is 2. The van der Waals surface area contributed by atoms with Crippen LogP contribution in [0.25, 0.3) is 11.1 Å². The molecular weight excluding hydrogens is 718 g/mol. The van der Waals surface area contributed by atoms with E-state index in [4.69, 9.17) is 20.9 Å². The fraction of sp³-hybridized carbons (Fsp3) is 0.488. The summed E-state index contributed by atoms with van der Waals surface area (Å²) >= 11 is 0. The molecule has 0 aromatic heterocycles. The van der Waals surface area contributed by atoms with Gasteiger partial charge in [0.2, 0.25) is 17.7 Å². The molecule has 3 aliphatic rings. The van der Waals surface area contributed by atoms with Gasteiger partial charge in [0.05, 0.1) is 18.8 Å². The topological polar surface area (TPSA) is 166 Å². The smallest absolute Gasteiger partial charge is 0.407 e. The van der Waals surface area contributed by atoms with Crippen molar-refractivity contribution < 1.29 is 28.7 Å². The summed E-state index contributed by atoms with van der Waals surface area (Å²) < 4.78 is 12.0. The summed E-state index contributed by atoms with van der Waals surface area (Å²) in [5.41, 5.74) is 17.9. The summed E-state index contributed by atoms with van der Waals surface area (Å²) in [7, 11) is 0. The number of piperidine rings is 1. The molecule has 2 aliphatic carbocycles. The Morgan fingerprint density at radius 3 is 2.18 bits per heavy atom. The molecule has 1 heterocycles. The number of carbonyl (C=O) groups is 4. The first-order chi connectivity index (χ1) is 26.2. The fourth-order valence-electron chi connectivity index (χ4n) is 8.12. The van der Waals surface area contributed by atoms with Crippen LogP contribution >= 0.6 is 12.4 Å². The minimum absolute atomic E-state index is 0. The van der Waals surface area contributed by atoms with Gasteiger partial charge in [-0.3, -0.25) is 14.4 Å². The Morgan fingerprint density at radius 1 is 0.891 bits per heavy atom. The summed E-state index contributed by atoms with van der Waals surface area (Å²) in [5.74, 6) is -0.854. The first-order valence-electron chi connectivity index (χ1n) is 19.6. The number of nitrogens with one attached hydrogen (secondary N) is 2. The number of fused-ring (bicyclic) bond motifs is 4. The molecule has 1 saturated heterocycles. The number of nitrogens with zero attached hydrogens (tertiary/aromatic N) is 1. The van der Waals surface area contributed by atoms with Crippen molar-refractivity contribution in [3.63, 3.8) is 0 Å². The lowest BCUT2D eigenvalue weighted by molar-refractivity contribution is -0.142. The van der Waals surface area contributed by atoms with Crippen LogP contribution in [0, 0.1) is 11.8 Å². The zero-order chi connectivity index (χ0) is 38.2. The molecular formula is C43H56ClN5O6. The van der Waals surface area contributed by atoms with Gasteiger partial charge in [0.15, 0.2) is 0 Å². The molecule has 3 unspecified atom stereocenters. The molecule has 6 atom stereocenters. The average molecular weight is 774 g/mol. The van der Waals surface area contributed by atoms with Gasteiger partial charge in [-0.2, -0.15) is 0 Å². The maximum atomic E-state index is 14.2. The van der Waals surface area contributed by atoms with Crippen LogP contribution in [0.5, 0.6) is 0 Å². The van der Waals surface area contributed by atoms with Gasteiger partial charge in [-0.25, -0.2) is 4.79 Å². The molecule has 11 nitrogen and oxygen atoms in total. The van der Waals surface area contributed by atoms with Crippen molar-refractivity contribution in [3.8, 4) is 11.1 Å². The highest BCUT2D eigenvalue weighted by molar-refractivity contribution is 5.93. The van der Waals surface area contributed by atoms with Crippen molar-refractivity contribution in [1.29, 1.82) is 0 Å². The van der Waals surface area contributed by atoms with Gasteiger partial charge in [0.25, 0.3) is 0 Å². The number of hydrogen-bond donors (Lipinski definition) is 4. The number of halogens is 1. The lowest BCUT2D eigenvalue weighted by Gasteiger charge is -2.33. The Kier molecular flexibility index (Phi) is 14.7. The van der Waals surface area contributed by atoms with Crippen LogP contribution in [0.15, 0.2) is 72.8 Å². The molecule has 0 spiro atoms. The molecule has 0 bridgehead atoms. The van der Waals surface area contributed by atoms with Crippen molar-refractivity contribution in [2.45, 2.75) is 102 Å². The third-order valence-corrected chi connectivity index (χ3v) is 11.3. The lowest BCUT2D eigenvalue weighted by Crippen LogP contribution is -2.57. The number of amides is 4. The molecule has 296 valence electrons. The number of carbonyl (C=O) groups excluding carboxylic acids is 4. The van der Waals surface area contributed by atoms with Crippen LogP contribution in [0.2, 0.25) is 0 Å². The largest absolute Gasteiger partial charge is 0.449 e. The third kappa shape index (κ3) is 10.2. The summed E-state index contributed by atoms with van der Waals surface area (Å²) in [4.78, 5) is 55.1. The molecule has 0 radical (unpaired) electrons. The van der Waals surface area contributed by atoms with E-state index < -0.39 is 36.2 Å². The first-order valence-corrected chi connectivity index (χ1v) is 19.6. The predicted octanol–water partition coefficient (Wildman–Crippen LogP) is 5.60. The predicted molar refractivity (Wildman–Crippen MR) is 214 cm³/mol. The van der Waals surface area contributed by atoms with Crippen molar-refractivity contribution in [2.24, 2.45) is 23.3 Å². The Bertz CT molecular complexity index is 1740. The van der Waals surface area contributed by atoms with Gasteiger partial charge in [0.1, 0.15) is 18.7 Å². The van der Waals surface area contributed by atoms with E-state index in [1.807, 2.05) is 50.2 Å². The molecule has 2 fully saturated rings. The van der Waals surface area contributed by atoms with E-state index in [1.54, 1.807) is 4.90 Å². The second-order valence-corrected chi connectivity index (χ2v) is 15.1. The Morgan fingerprint density at radius 2 is 1.55 bits per heavy atom. The number of likely N-dealkylation sites (tertiary alicyclic amines) is 1. The van der Waals surface area contributed by atoms with Crippen molar-refractivity contribution in [3.05, 3.63) is 95.1 Å². The van der Waals surface area contributed by atoms with Gasteiger partial charge in [0, 0.05) is 18.9 Å². The standard InChI is InChI=1S/C43H55N5O6.ClH/c1-3-4-15-38(47-43(52)54-26-36-33-13-7-5-11-31(33)32-12-6-8-14-34(32)36)42(51)48-24-30-23-35(30)40(48)41(50)46-37(20-21-39(45)49)27(2)53-25-29-18-16-28(17-19-29)10-9-22-44;/h5-8,11-14,16-19,27,30,35-38,40H,3-4,9-10,15,20-26,44H2,1-2H3,(H2,45,49)(H,46,50)(H,47,52);1H/t27?,30-,35-,37?,38?,40+;/m1./s1. The molecule has 4 amide bonds. The van der Waals surface area contributed by atoms with Crippen LogP contribution in [0.3, 0.4) is 0 Å². The number of hydrogen-bond acceptors (Lipinski definition) is 7. The molecule has 6 N–H and O–H groups in total. The second kappa shape index (κ2) is 19.4.